The molecule has 0 aromatic carbocycles. The first-order valence-electron chi connectivity index (χ1n) is 9.74. The molecule has 29 heavy (non-hydrogen) atoms. The highest BCUT2D eigenvalue weighted by molar-refractivity contribution is 5.90. The van der Waals surface area contributed by atoms with Gasteiger partial charge < -0.3 is 25.2 Å². The Bertz CT molecular complexity index is 589. The Labute approximate surface area is 172 Å². The van der Waals surface area contributed by atoms with Gasteiger partial charge in [-0.25, -0.2) is 9.59 Å². The van der Waals surface area contributed by atoms with Crippen molar-refractivity contribution in [1.82, 2.24) is 10.6 Å². The molecular weight excluding hydrogens is 380 g/mol. The van der Waals surface area contributed by atoms with Crippen molar-refractivity contribution in [3.8, 4) is 0 Å². The molecule has 1 unspecified atom stereocenters. The van der Waals surface area contributed by atoms with Gasteiger partial charge in [-0.1, -0.05) is 13.8 Å². The number of carbonyl (C=O) groups excluding carboxylic acids is 3. The van der Waals surface area contributed by atoms with E-state index in [4.69, 9.17) is 14.6 Å². The molecule has 0 aliphatic rings. The van der Waals surface area contributed by atoms with Gasteiger partial charge in [0.1, 0.15) is 23.3 Å². The number of hydrogen-bond donors (Lipinski definition) is 3. The summed E-state index contributed by atoms with van der Waals surface area (Å²) in [6, 6.07) is -2.09. The van der Waals surface area contributed by atoms with Crippen molar-refractivity contribution in [3.63, 3.8) is 0 Å². The van der Waals surface area contributed by atoms with E-state index in [9.17, 15) is 19.2 Å². The Morgan fingerprint density at radius 3 is 1.79 bits per heavy atom. The molecule has 3 N–H and O–H groups in total. The molecule has 0 aromatic rings. The number of rotatable bonds is 9. The predicted molar refractivity (Wildman–Crippen MR) is 107 cm³/mol. The quantitative estimate of drug-likeness (QED) is 0.492. The lowest BCUT2D eigenvalue weighted by atomic mass is 10.0. The van der Waals surface area contributed by atoms with E-state index in [0.717, 1.165) is 0 Å². The maximum absolute atomic E-state index is 12.8. The van der Waals surface area contributed by atoms with Crippen molar-refractivity contribution >= 4 is 23.9 Å². The standard InChI is InChI=1S/C20H36N2O7/c1-12(2)11-14(22-18(27)29-20(6,7)8)16(25)21-13(9-10-15(23)24)17(26)28-19(3,4)5/h12-14H,9-11H2,1-8H3,(H,21,25)(H,22,27)(H,23,24)/t13?,14-/m0/s1. The summed E-state index contributed by atoms with van der Waals surface area (Å²) in [5.74, 6) is -2.36. The Morgan fingerprint density at radius 1 is 0.862 bits per heavy atom. The number of aliphatic carboxylic acids is 1. The minimum Gasteiger partial charge on any atom is -0.481 e. The summed E-state index contributed by atoms with van der Waals surface area (Å²) in [5.41, 5.74) is -1.53. The van der Waals surface area contributed by atoms with Crippen LogP contribution in [-0.2, 0) is 23.9 Å². The average Bonchev–Trinajstić information content (AvgIpc) is 2.45. The van der Waals surface area contributed by atoms with Crippen LogP contribution in [0.1, 0.15) is 74.7 Å². The summed E-state index contributed by atoms with van der Waals surface area (Å²) in [6.07, 6.45) is -0.891. The predicted octanol–water partition coefficient (Wildman–Crippen LogP) is 2.62. The zero-order valence-corrected chi connectivity index (χ0v) is 18.8. The largest absolute Gasteiger partial charge is 0.481 e. The van der Waals surface area contributed by atoms with Crippen LogP contribution in [0, 0.1) is 5.92 Å². The maximum atomic E-state index is 12.8. The zero-order valence-electron chi connectivity index (χ0n) is 18.8. The number of carboxylic acids is 1. The van der Waals surface area contributed by atoms with Crippen LogP contribution in [0.25, 0.3) is 0 Å². The molecule has 0 fully saturated rings. The fourth-order valence-corrected chi connectivity index (χ4v) is 2.31. The van der Waals surface area contributed by atoms with Crippen molar-refractivity contribution in [1.29, 1.82) is 0 Å². The highest BCUT2D eigenvalue weighted by Crippen LogP contribution is 2.13. The minimum absolute atomic E-state index is 0.0692. The molecule has 0 aliphatic heterocycles. The molecule has 0 spiro atoms. The molecule has 168 valence electrons. The van der Waals surface area contributed by atoms with E-state index in [1.807, 2.05) is 13.8 Å². The second kappa shape index (κ2) is 11.0. The normalized spacial score (nSPS) is 14.0. The summed E-state index contributed by atoms with van der Waals surface area (Å²) in [5, 5.41) is 14.0. The van der Waals surface area contributed by atoms with Gasteiger partial charge in [-0.2, -0.15) is 0 Å². The zero-order chi connectivity index (χ0) is 23.0. The molecule has 0 saturated carbocycles. The molecule has 2 atom stereocenters. The third kappa shape index (κ3) is 13.5. The second-order valence-corrected chi connectivity index (χ2v) is 9.36. The van der Waals surface area contributed by atoms with Crippen LogP contribution in [0.5, 0.6) is 0 Å². The number of nitrogens with one attached hydrogen (secondary N) is 2. The third-order valence-electron chi connectivity index (χ3n) is 3.37. The molecule has 9 nitrogen and oxygen atoms in total. The monoisotopic (exact) mass is 416 g/mol. The molecule has 0 rings (SSSR count). The van der Waals surface area contributed by atoms with Gasteiger partial charge in [-0.15, -0.1) is 0 Å². The van der Waals surface area contributed by atoms with E-state index in [1.165, 1.54) is 0 Å². The third-order valence-corrected chi connectivity index (χ3v) is 3.37. The Hall–Kier alpha value is -2.32. The fraction of sp³-hybridized carbons (Fsp3) is 0.800. The molecule has 9 heteroatoms. The first-order chi connectivity index (χ1) is 13.0. The summed E-state index contributed by atoms with van der Waals surface area (Å²) >= 11 is 0. The number of alkyl carbamates (subject to hydrolysis) is 1. The van der Waals surface area contributed by atoms with E-state index in [2.05, 4.69) is 10.6 Å². The van der Waals surface area contributed by atoms with E-state index in [-0.39, 0.29) is 18.8 Å². The van der Waals surface area contributed by atoms with Gasteiger partial charge in [0, 0.05) is 6.42 Å². The molecule has 0 aliphatic carbocycles. The van der Waals surface area contributed by atoms with Crippen LogP contribution < -0.4 is 10.6 Å². The number of carbonyl (C=O) groups is 4. The summed E-state index contributed by atoms with van der Waals surface area (Å²) in [4.78, 5) is 48.2. The number of carboxylic acid groups (broad SMARTS) is 1. The molecule has 2 amide bonds. The second-order valence-electron chi connectivity index (χ2n) is 9.36. The van der Waals surface area contributed by atoms with Gasteiger partial charge in [-0.05, 0) is 60.3 Å². The van der Waals surface area contributed by atoms with E-state index < -0.39 is 47.2 Å². The van der Waals surface area contributed by atoms with Crippen LogP contribution in [0.4, 0.5) is 4.79 Å². The van der Waals surface area contributed by atoms with E-state index >= 15 is 0 Å². The van der Waals surface area contributed by atoms with Crippen LogP contribution in [-0.4, -0.2) is 52.3 Å². The Kier molecular flexibility index (Phi) is 10.1. The van der Waals surface area contributed by atoms with Gasteiger partial charge in [0.15, 0.2) is 0 Å². The topological polar surface area (TPSA) is 131 Å². The Balaban J connectivity index is 5.33. The lowest BCUT2D eigenvalue weighted by Crippen LogP contribution is -2.53. The molecule has 0 bridgehead atoms. The van der Waals surface area contributed by atoms with Gasteiger partial charge in [-0.3, -0.25) is 9.59 Å². The number of esters is 1. The van der Waals surface area contributed by atoms with Gasteiger partial charge in [0.05, 0.1) is 0 Å². The average molecular weight is 417 g/mol. The molecular formula is C20H36N2O7. The number of amides is 2. The molecule has 0 saturated heterocycles. The Morgan fingerprint density at radius 2 is 1.38 bits per heavy atom. The van der Waals surface area contributed by atoms with Crippen molar-refractivity contribution in [3.05, 3.63) is 0 Å². The first kappa shape index (κ1) is 26.7. The first-order valence-corrected chi connectivity index (χ1v) is 9.74. The summed E-state index contributed by atoms with van der Waals surface area (Å²) < 4.78 is 10.5. The lowest BCUT2D eigenvalue weighted by molar-refractivity contribution is -0.159. The smallest absolute Gasteiger partial charge is 0.408 e. The van der Waals surface area contributed by atoms with Crippen LogP contribution in [0.15, 0.2) is 0 Å². The van der Waals surface area contributed by atoms with Gasteiger partial charge in [0.25, 0.3) is 0 Å². The molecule has 0 radical (unpaired) electrons. The highest BCUT2D eigenvalue weighted by Gasteiger charge is 2.31. The van der Waals surface area contributed by atoms with Crippen molar-refractivity contribution in [2.45, 2.75) is 97.9 Å². The van der Waals surface area contributed by atoms with E-state index in [0.29, 0.717) is 6.42 Å². The molecule has 0 aromatic heterocycles. The van der Waals surface area contributed by atoms with Gasteiger partial charge >= 0.3 is 18.0 Å². The van der Waals surface area contributed by atoms with Crippen LogP contribution in [0.3, 0.4) is 0 Å². The van der Waals surface area contributed by atoms with Crippen molar-refractivity contribution < 1.29 is 33.8 Å². The van der Waals surface area contributed by atoms with Crippen molar-refractivity contribution in [2.75, 3.05) is 0 Å². The van der Waals surface area contributed by atoms with E-state index in [1.54, 1.807) is 41.5 Å². The minimum atomic E-state index is -1.15. The van der Waals surface area contributed by atoms with Crippen LogP contribution >= 0.6 is 0 Å². The lowest BCUT2D eigenvalue weighted by Gasteiger charge is -2.27. The highest BCUT2D eigenvalue weighted by atomic mass is 16.6. The van der Waals surface area contributed by atoms with Gasteiger partial charge in [0.2, 0.25) is 5.91 Å². The maximum Gasteiger partial charge on any atom is 0.408 e. The summed E-state index contributed by atoms with van der Waals surface area (Å²) in [7, 11) is 0. The van der Waals surface area contributed by atoms with Crippen LogP contribution in [0.2, 0.25) is 0 Å². The number of hydrogen-bond acceptors (Lipinski definition) is 6. The molecule has 0 heterocycles. The fourth-order valence-electron chi connectivity index (χ4n) is 2.31. The number of ether oxygens (including phenoxy) is 2. The summed E-state index contributed by atoms with van der Waals surface area (Å²) in [6.45, 7) is 13.9. The van der Waals surface area contributed by atoms with Crippen molar-refractivity contribution in [2.24, 2.45) is 5.92 Å². The SMILES string of the molecule is CC(C)C[C@H](NC(=O)OC(C)(C)C)C(=O)NC(CCC(=O)O)C(=O)OC(C)(C)C.